The largest absolute Gasteiger partial charge is 0.277 e. The summed E-state index contributed by atoms with van der Waals surface area (Å²) in [7, 11) is 0. The minimum atomic E-state index is -0.0286. The lowest BCUT2D eigenvalue weighted by molar-refractivity contribution is 0.355. The van der Waals surface area contributed by atoms with Crippen LogP contribution in [0.4, 0.5) is 0 Å². The highest BCUT2D eigenvalue weighted by Crippen LogP contribution is 2.61. The summed E-state index contributed by atoms with van der Waals surface area (Å²) < 4.78 is 2.42. The van der Waals surface area contributed by atoms with Crippen molar-refractivity contribution in [3.8, 4) is 39.6 Å². The Morgan fingerprint density at radius 1 is 0.490 bits per heavy atom. The predicted molar refractivity (Wildman–Crippen MR) is 212 cm³/mol. The van der Waals surface area contributed by atoms with Gasteiger partial charge in [-0.3, -0.25) is 4.57 Å². The van der Waals surface area contributed by atoms with E-state index in [1.165, 1.54) is 97.7 Å². The van der Waals surface area contributed by atoms with Crippen molar-refractivity contribution in [1.29, 1.82) is 0 Å². The molecule has 0 N–H and O–H groups in total. The Morgan fingerprint density at radius 3 is 1.82 bits per heavy atom. The maximum Gasteiger partial charge on any atom is 0.235 e. The smallest absolute Gasteiger partial charge is 0.235 e. The summed E-state index contributed by atoms with van der Waals surface area (Å²) in [6.45, 7) is 0. The Kier molecular flexibility index (Phi) is 6.18. The third-order valence-corrected chi connectivity index (χ3v) is 11.8. The number of fused-ring (bicyclic) bond motifs is 14. The molecular weight excluding hydrogens is 619 g/mol. The molecule has 11 rings (SSSR count). The number of aromatic nitrogens is 3. The summed E-state index contributed by atoms with van der Waals surface area (Å²) in [4.78, 5) is 10.9. The van der Waals surface area contributed by atoms with Gasteiger partial charge in [-0.15, -0.1) is 0 Å². The molecule has 1 saturated carbocycles. The van der Waals surface area contributed by atoms with E-state index in [0.29, 0.717) is 5.95 Å². The van der Waals surface area contributed by atoms with Gasteiger partial charge in [0, 0.05) is 38.1 Å². The van der Waals surface area contributed by atoms with Gasteiger partial charge in [0.15, 0.2) is 0 Å². The normalized spacial score (nSPS) is 14.8. The maximum atomic E-state index is 5.47. The summed E-state index contributed by atoms with van der Waals surface area (Å²) in [5.41, 5.74) is 12.2. The van der Waals surface area contributed by atoms with Gasteiger partial charge < -0.3 is 0 Å². The highest BCUT2D eigenvalue weighted by molar-refractivity contribution is 6.28. The van der Waals surface area contributed by atoms with Gasteiger partial charge in [-0.05, 0) is 51.9 Å². The fraction of sp³-hybridized carbons (Fsp3) is 0.125. The van der Waals surface area contributed by atoms with Crippen LogP contribution in [0.3, 0.4) is 0 Å². The lowest BCUT2D eigenvalue weighted by Gasteiger charge is -2.36. The monoisotopic (exact) mass is 653 g/mol. The van der Waals surface area contributed by atoms with Crippen molar-refractivity contribution in [3.63, 3.8) is 0 Å². The molecule has 0 aliphatic heterocycles. The molecule has 242 valence electrons. The molecule has 2 aliphatic rings. The van der Waals surface area contributed by atoms with Crippen LogP contribution in [0, 0.1) is 0 Å². The van der Waals surface area contributed by atoms with E-state index >= 15 is 0 Å². The summed E-state index contributed by atoms with van der Waals surface area (Å²) >= 11 is 0. The molecular formula is C48H35N3. The van der Waals surface area contributed by atoms with E-state index in [2.05, 4.69) is 156 Å². The number of rotatable bonds is 3. The van der Waals surface area contributed by atoms with Crippen molar-refractivity contribution in [3.05, 3.63) is 163 Å². The molecule has 3 heteroatoms. The van der Waals surface area contributed by atoms with Crippen molar-refractivity contribution in [2.75, 3.05) is 0 Å². The molecule has 2 heterocycles. The van der Waals surface area contributed by atoms with Gasteiger partial charge in [-0.25, -0.2) is 9.97 Å². The van der Waals surface area contributed by atoms with E-state index in [1.807, 2.05) is 0 Å². The molecule has 51 heavy (non-hydrogen) atoms. The zero-order valence-electron chi connectivity index (χ0n) is 28.3. The number of benzene rings is 7. The minimum absolute atomic E-state index is 0.0286. The molecule has 0 bridgehead atoms. The van der Waals surface area contributed by atoms with E-state index < -0.39 is 0 Å². The van der Waals surface area contributed by atoms with Crippen molar-refractivity contribution < 1.29 is 0 Å². The molecule has 0 amide bonds. The Balaban J connectivity index is 1.38. The first-order valence-corrected chi connectivity index (χ1v) is 18.3. The van der Waals surface area contributed by atoms with Gasteiger partial charge in [0.05, 0.1) is 22.4 Å². The average molecular weight is 654 g/mol. The first-order valence-electron chi connectivity index (χ1n) is 18.3. The fourth-order valence-corrected chi connectivity index (χ4v) is 9.66. The quantitative estimate of drug-likeness (QED) is 0.190. The van der Waals surface area contributed by atoms with E-state index in [-0.39, 0.29) is 5.41 Å². The van der Waals surface area contributed by atoms with E-state index in [9.17, 15) is 0 Å². The number of hydrogen-bond acceptors (Lipinski definition) is 2. The topological polar surface area (TPSA) is 30.7 Å². The van der Waals surface area contributed by atoms with Gasteiger partial charge >= 0.3 is 0 Å². The van der Waals surface area contributed by atoms with E-state index in [1.54, 1.807) is 0 Å². The molecule has 1 spiro atoms. The molecule has 2 aliphatic carbocycles. The van der Waals surface area contributed by atoms with Crippen LogP contribution in [-0.2, 0) is 5.41 Å². The minimum Gasteiger partial charge on any atom is -0.277 e. The van der Waals surface area contributed by atoms with Gasteiger partial charge in [-0.2, -0.15) is 0 Å². The lowest BCUT2D eigenvalue weighted by Crippen LogP contribution is -2.28. The van der Waals surface area contributed by atoms with Gasteiger partial charge in [0.25, 0.3) is 0 Å². The van der Waals surface area contributed by atoms with Crippen LogP contribution < -0.4 is 0 Å². The Morgan fingerprint density at radius 2 is 1.10 bits per heavy atom. The Bertz CT molecular complexity index is 2770. The van der Waals surface area contributed by atoms with Gasteiger partial charge in [0.1, 0.15) is 0 Å². The third-order valence-electron chi connectivity index (χ3n) is 11.8. The standard InChI is InChI=1S/C48H35N3/c1-4-17-32(18-5-1)40-30-41(33-19-6-2-7-20-33)50-47(49-40)51-45-34-21-9-8-16-31(34)26-27-38(45)43-44-42(35-22-10-11-23-36(35)46(43)51)37-24-12-13-25-39(37)48(44)28-14-3-15-29-48/h1-2,4-13,16-27,30H,3,14-15,28-29H2. The zero-order valence-corrected chi connectivity index (χ0v) is 28.3. The van der Waals surface area contributed by atoms with Crippen molar-refractivity contribution >= 4 is 43.4 Å². The highest BCUT2D eigenvalue weighted by Gasteiger charge is 2.46. The highest BCUT2D eigenvalue weighted by atomic mass is 15.2. The second kappa shape index (κ2) is 11.0. The van der Waals surface area contributed by atoms with Crippen LogP contribution >= 0.6 is 0 Å². The molecule has 0 unspecified atom stereocenters. The molecule has 0 saturated heterocycles. The van der Waals surface area contributed by atoms with Gasteiger partial charge in [0.2, 0.25) is 5.95 Å². The number of nitrogens with zero attached hydrogens (tertiary/aromatic N) is 3. The maximum absolute atomic E-state index is 5.47. The molecule has 3 nitrogen and oxygen atoms in total. The van der Waals surface area contributed by atoms with Crippen LogP contribution in [0.25, 0.3) is 82.9 Å². The van der Waals surface area contributed by atoms with E-state index in [0.717, 1.165) is 22.5 Å². The summed E-state index contributed by atoms with van der Waals surface area (Å²) in [6.07, 6.45) is 6.12. The van der Waals surface area contributed by atoms with Crippen LogP contribution in [0.2, 0.25) is 0 Å². The number of hydrogen-bond donors (Lipinski definition) is 0. The third kappa shape index (κ3) is 4.06. The molecule has 0 radical (unpaired) electrons. The van der Waals surface area contributed by atoms with Crippen LogP contribution in [-0.4, -0.2) is 14.5 Å². The SMILES string of the molecule is c1ccc(-c2cc(-c3ccccc3)nc(-n3c4c5ccccc5ccc4c4c5c(c6ccccc6c43)-c3ccccc3C53CCCCC3)n2)cc1. The molecule has 2 aromatic heterocycles. The van der Waals surface area contributed by atoms with E-state index in [4.69, 9.17) is 9.97 Å². The molecule has 7 aromatic carbocycles. The summed E-state index contributed by atoms with van der Waals surface area (Å²) in [5.74, 6) is 0.699. The summed E-state index contributed by atoms with van der Waals surface area (Å²) in [6, 6.07) is 55.1. The Labute approximate surface area is 296 Å². The average Bonchev–Trinajstić information content (AvgIpc) is 3.70. The van der Waals surface area contributed by atoms with Crippen molar-refractivity contribution in [1.82, 2.24) is 14.5 Å². The van der Waals surface area contributed by atoms with Gasteiger partial charge in [-0.1, -0.05) is 165 Å². The lowest BCUT2D eigenvalue weighted by atomic mass is 9.66. The Hall–Kier alpha value is -6.06. The first kappa shape index (κ1) is 28.7. The summed E-state index contributed by atoms with van der Waals surface area (Å²) in [5, 5.41) is 7.62. The van der Waals surface area contributed by atoms with Crippen LogP contribution in [0.5, 0.6) is 0 Å². The predicted octanol–water partition coefficient (Wildman–Crippen LogP) is 12.4. The van der Waals surface area contributed by atoms with Crippen LogP contribution in [0.1, 0.15) is 43.2 Å². The second-order valence-corrected chi connectivity index (χ2v) is 14.4. The molecule has 1 fully saturated rings. The van der Waals surface area contributed by atoms with Crippen molar-refractivity contribution in [2.45, 2.75) is 37.5 Å². The molecule has 0 atom stereocenters. The second-order valence-electron chi connectivity index (χ2n) is 14.4. The first-order chi connectivity index (χ1) is 25.3. The fourth-order valence-electron chi connectivity index (χ4n) is 9.66. The van der Waals surface area contributed by atoms with Crippen LogP contribution in [0.15, 0.2) is 152 Å². The molecule has 9 aromatic rings. The zero-order chi connectivity index (χ0) is 33.5. The van der Waals surface area contributed by atoms with Crippen molar-refractivity contribution in [2.24, 2.45) is 0 Å².